The van der Waals surface area contributed by atoms with E-state index in [9.17, 15) is 14.4 Å². The molecule has 1 N–H and O–H groups in total. The second-order valence-electron chi connectivity index (χ2n) is 7.11. The number of anilines is 1. The van der Waals surface area contributed by atoms with E-state index in [0.29, 0.717) is 11.0 Å². The van der Waals surface area contributed by atoms with E-state index in [-0.39, 0.29) is 30.6 Å². The topological polar surface area (TPSA) is 101 Å². The van der Waals surface area contributed by atoms with Crippen molar-refractivity contribution in [3.05, 3.63) is 5.01 Å². The highest BCUT2D eigenvalue weighted by Gasteiger charge is 2.62. The number of imide groups is 1. The normalized spacial score (nSPS) is 29.7. The number of aromatic nitrogens is 2. The number of carbonyl (C=O) groups is 3. The fraction of sp³-hybridized carbons (Fsp3) is 0.706. The Kier molecular flexibility index (Phi) is 4.52. The highest BCUT2D eigenvalue weighted by molar-refractivity contribution is 7.15. The van der Waals surface area contributed by atoms with Crippen LogP contribution in [0.4, 0.5) is 5.13 Å². The molecular formula is C17H22N4O4S. The van der Waals surface area contributed by atoms with E-state index in [0.717, 1.165) is 35.6 Å². The van der Waals surface area contributed by atoms with Crippen molar-refractivity contribution in [2.24, 2.45) is 11.8 Å². The fourth-order valence-corrected chi connectivity index (χ4v) is 5.35. The molecule has 0 unspecified atom stereocenters. The van der Waals surface area contributed by atoms with Crippen molar-refractivity contribution >= 4 is 34.2 Å². The molecule has 3 aliphatic heterocycles. The van der Waals surface area contributed by atoms with Crippen molar-refractivity contribution in [1.82, 2.24) is 15.1 Å². The van der Waals surface area contributed by atoms with Gasteiger partial charge in [-0.2, -0.15) is 0 Å². The van der Waals surface area contributed by atoms with Crippen LogP contribution in [0.2, 0.25) is 0 Å². The molecule has 0 aromatic carbocycles. The zero-order valence-corrected chi connectivity index (χ0v) is 15.6. The van der Waals surface area contributed by atoms with Gasteiger partial charge in [0, 0.05) is 5.92 Å². The minimum Gasteiger partial charge on any atom is -0.373 e. The molecule has 140 valence electrons. The minimum atomic E-state index is -0.424. The minimum absolute atomic E-state index is 0.166. The Morgan fingerprint density at radius 1 is 1.19 bits per heavy atom. The molecule has 0 spiro atoms. The highest BCUT2D eigenvalue weighted by Crippen LogP contribution is 2.48. The third-order valence-electron chi connectivity index (χ3n) is 5.70. The molecule has 0 saturated carbocycles. The molecule has 3 aliphatic rings. The summed E-state index contributed by atoms with van der Waals surface area (Å²) in [5.74, 6) is -1.47. The smallest absolute Gasteiger partial charge is 0.246 e. The molecule has 3 fully saturated rings. The molecule has 0 radical (unpaired) electrons. The van der Waals surface area contributed by atoms with E-state index in [4.69, 9.17) is 4.74 Å². The molecule has 0 aliphatic carbocycles. The van der Waals surface area contributed by atoms with Crippen LogP contribution in [-0.4, -0.2) is 51.6 Å². The number of hydrogen-bond acceptors (Lipinski definition) is 7. The van der Waals surface area contributed by atoms with Gasteiger partial charge in [0.05, 0.1) is 24.0 Å². The number of amides is 3. The van der Waals surface area contributed by atoms with Crippen molar-refractivity contribution < 1.29 is 19.1 Å². The molecule has 3 amide bonds. The van der Waals surface area contributed by atoms with Crippen molar-refractivity contribution in [3.63, 3.8) is 0 Å². The van der Waals surface area contributed by atoms with Crippen LogP contribution in [0, 0.1) is 11.8 Å². The first-order valence-electron chi connectivity index (χ1n) is 9.17. The fourth-order valence-electron chi connectivity index (χ4n) is 4.32. The summed E-state index contributed by atoms with van der Waals surface area (Å²) >= 11 is 1.34. The van der Waals surface area contributed by atoms with Gasteiger partial charge in [0.2, 0.25) is 22.9 Å². The molecule has 3 saturated heterocycles. The number of rotatable bonds is 6. The summed E-state index contributed by atoms with van der Waals surface area (Å²) in [6, 6.07) is 0. The Labute approximate surface area is 155 Å². The van der Waals surface area contributed by atoms with Crippen LogP contribution in [0.25, 0.3) is 0 Å². The summed E-state index contributed by atoms with van der Waals surface area (Å²) in [5.41, 5.74) is 0. The molecule has 4 atom stereocenters. The number of nitrogens with zero attached hydrogens (tertiary/aromatic N) is 3. The van der Waals surface area contributed by atoms with Gasteiger partial charge in [-0.3, -0.25) is 24.6 Å². The molecule has 9 heteroatoms. The van der Waals surface area contributed by atoms with Gasteiger partial charge >= 0.3 is 0 Å². The maximum atomic E-state index is 12.6. The monoisotopic (exact) mass is 378 g/mol. The predicted octanol–water partition coefficient (Wildman–Crippen LogP) is 1.54. The van der Waals surface area contributed by atoms with Gasteiger partial charge in [-0.15, -0.1) is 10.2 Å². The van der Waals surface area contributed by atoms with E-state index in [1.807, 2.05) is 0 Å². The van der Waals surface area contributed by atoms with Crippen LogP contribution in [0.1, 0.15) is 50.5 Å². The molecule has 4 heterocycles. The van der Waals surface area contributed by atoms with Crippen LogP contribution in [0.15, 0.2) is 0 Å². The average Bonchev–Trinajstić information content (AvgIpc) is 3.38. The van der Waals surface area contributed by atoms with E-state index in [1.54, 1.807) is 0 Å². The summed E-state index contributed by atoms with van der Waals surface area (Å²) in [5, 5.41) is 12.1. The van der Waals surface area contributed by atoms with E-state index < -0.39 is 17.7 Å². The number of fused-ring (bicyclic) bond motifs is 5. The van der Waals surface area contributed by atoms with E-state index >= 15 is 0 Å². The first kappa shape index (κ1) is 17.5. The largest absolute Gasteiger partial charge is 0.373 e. The summed E-state index contributed by atoms with van der Waals surface area (Å²) in [6.45, 7) is 3.91. The molecule has 1 aromatic rings. The van der Waals surface area contributed by atoms with Gasteiger partial charge < -0.3 is 4.74 Å². The summed E-state index contributed by atoms with van der Waals surface area (Å²) in [7, 11) is 0. The Balaban J connectivity index is 1.40. The molecule has 4 rings (SSSR count). The van der Waals surface area contributed by atoms with Crippen LogP contribution < -0.4 is 5.32 Å². The third-order valence-corrected chi connectivity index (χ3v) is 6.70. The maximum Gasteiger partial charge on any atom is 0.246 e. The number of carbonyl (C=O) groups excluding carboxylic acids is 3. The van der Waals surface area contributed by atoms with Gasteiger partial charge in [0.15, 0.2) is 0 Å². The maximum absolute atomic E-state index is 12.6. The second-order valence-corrected chi connectivity index (χ2v) is 8.12. The number of likely N-dealkylation sites (tertiary alicyclic amines) is 1. The van der Waals surface area contributed by atoms with Crippen molar-refractivity contribution in [2.45, 2.75) is 57.7 Å². The van der Waals surface area contributed by atoms with E-state index in [2.05, 4.69) is 29.4 Å². The summed E-state index contributed by atoms with van der Waals surface area (Å²) in [4.78, 5) is 38.5. The average molecular weight is 378 g/mol. The molecule has 2 bridgehead atoms. The van der Waals surface area contributed by atoms with Crippen molar-refractivity contribution in [3.8, 4) is 0 Å². The Hall–Kier alpha value is -1.87. The van der Waals surface area contributed by atoms with Gasteiger partial charge in [0.25, 0.3) is 0 Å². The van der Waals surface area contributed by atoms with Crippen LogP contribution in [0.3, 0.4) is 0 Å². The first-order valence-corrected chi connectivity index (χ1v) is 9.99. The van der Waals surface area contributed by atoms with Gasteiger partial charge in [-0.1, -0.05) is 25.2 Å². The van der Waals surface area contributed by atoms with Gasteiger partial charge in [0.1, 0.15) is 11.6 Å². The molecule has 1 aromatic heterocycles. The lowest BCUT2D eigenvalue weighted by Crippen LogP contribution is -2.40. The summed E-state index contributed by atoms with van der Waals surface area (Å²) < 4.78 is 5.69. The van der Waals surface area contributed by atoms with Crippen molar-refractivity contribution in [1.29, 1.82) is 0 Å². The van der Waals surface area contributed by atoms with Crippen molar-refractivity contribution in [2.75, 3.05) is 11.9 Å². The number of ether oxygens (including phenoxy) is 1. The lowest BCUT2D eigenvalue weighted by molar-refractivity contribution is -0.145. The van der Waals surface area contributed by atoms with Gasteiger partial charge in [-0.05, 0) is 25.7 Å². The second kappa shape index (κ2) is 6.70. The zero-order valence-electron chi connectivity index (χ0n) is 14.8. The zero-order chi connectivity index (χ0) is 18.4. The Morgan fingerprint density at radius 2 is 1.81 bits per heavy atom. The molecule has 8 nitrogen and oxygen atoms in total. The SMILES string of the molecule is CCC(CC)c1nnc(NC(=O)CN2C(=O)[C@@H]3[C@H](C2=O)[C@H]2CC[C@H]3O2)s1. The van der Waals surface area contributed by atoms with Crippen LogP contribution >= 0.6 is 11.3 Å². The Bertz CT molecular complexity index is 719. The lowest BCUT2D eigenvalue weighted by atomic mass is 9.81. The lowest BCUT2D eigenvalue weighted by Gasteiger charge is -2.16. The predicted molar refractivity (Wildman–Crippen MR) is 93.5 cm³/mol. The third kappa shape index (κ3) is 2.73. The number of hydrogen-bond donors (Lipinski definition) is 1. The quantitative estimate of drug-likeness (QED) is 0.754. The molecular weight excluding hydrogens is 356 g/mol. The van der Waals surface area contributed by atoms with Gasteiger partial charge in [-0.25, -0.2) is 0 Å². The Morgan fingerprint density at radius 3 is 2.38 bits per heavy atom. The van der Waals surface area contributed by atoms with E-state index in [1.165, 1.54) is 11.3 Å². The summed E-state index contributed by atoms with van der Waals surface area (Å²) in [6.07, 6.45) is 3.22. The standard InChI is InChI=1S/C17H22N4O4S/c1-3-8(4-2)14-19-20-17(26-14)18-11(22)7-21-15(23)12-9-5-6-10(25-9)13(12)16(21)24/h8-10,12-13H,3-7H2,1-2H3,(H,18,20,22)/t9-,10-,12-,13+/m1/s1. The van der Waals surface area contributed by atoms with Crippen LogP contribution in [-0.2, 0) is 19.1 Å². The first-order chi connectivity index (χ1) is 12.5. The highest BCUT2D eigenvalue weighted by atomic mass is 32.1. The molecule has 26 heavy (non-hydrogen) atoms. The number of nitrogens with one attached hydrogen (secondary N) is 1. The van der Waals surface area contributed by atoms with Crippen LogP contribution in [0.5, 0.6) is 0 Å².